The molecule has 1 aromatic carbocycles. The van der Waals surface area contributed by atoms with Gasteiger partial charge in [-0.2, -0.15) is 0 Å². The van der Waals surface area contributed by atoms with E-state index in [0.717, 1.165) is 44.9 Å². The zero-order valence-corrected chi connectivity index (χ0v) is 13.1. The average Bonchev–Trinajstić information content (AvgIpc) is 2.95. The summed E-state index contributed by atoms with van der Waals surface area (Å²) in [5, 5.41) is 3.40. The Labute approximate surface area is 128 Å². The SMILES string of the molecule is CCCNCc1coc(CN(CC)Cc2ccccc2)c1. The highest BCUT2D eigenvalue weighted by molar-refractivity contribution is 5.15. The zero-order chi connectivity index (χ0) is 14.9. The van der Waals surface area contributed by atoms with Gasteiger partial charge in [0.25, 0.3) is 0 Å². The predicted molar refractivity (Wildman–Crippen MR) is 86.9 cm³/mol. The molecule has 21 heavy (non-hydrogen) atoms. The second-order valence-corrected chi connectivity index (χ2v) is 5.39. The molecule has 0 aliphatic heterocycles. The normalized spacial score (nSPS) is 11.2. The van der Waals surface area contributed by atoms with E-state index in [2.05, 4.69) is 60.5 Å². The molecule has 0 radical (unpaired) electrons. The molecule has 0 fully saturated rings. The van der Waals surface area contributed by atoms with Crippen molar-refractivity contribution in [3.05, 3.63) is 59.5 Å². The van der Waals surface area contributed by atoms with E-state index in [1.54, 1.807) is 0 Å². The second-order valence-electron chi connectivity index (χ2n) is 5.39. The van der Waals surface area contributed by atoms with Gasteiger partial charge in [0.15, 0.2) is 0 Å². The fourth-order valence-electron chi connectivity index (χ4n) is 2.35. The Bertz CT molecular complexity index is 507. The molecule has 0 atom stereocenters. The topological polar surface area (TPSA) is 28.4 Å². The third-order valence-electron chi connectivity index (χ3n) is 3.54. The Balaban J connectivity index is 1.86. The van der Waals surface area contributed by atoms with E-state index in [1.807, 2.05) is 6.26 Å². The highest BCUT2D eigenvalue weighted by Gasteiger charge is 2.08. The van der Waals surface area contributed by atoms with Crippen LogP contribution in [0.5, 0.6) is 0 Å². The molecule has 0 saturated heterocycles. The average molecular weight is 286 g/mol. The smallest absolute Gasteiger partial charge is 0.118 e. The van der Waals surface area contributed by atoms with Crippen LogP contribution in [0.3, 0.4) is 0 Å². The van der Waals surface area contributed by atoms with E-state index in [-0.39, 0.29) is 0 Å². The van der Waals surface area contributed by atoms with Crippen molar-refractivity contribution in [2.24, 2.45) is 0 Å². The summed E-state index contributed by atoms with van der Waals surface area (Å²) in [6.07, 6.45) is 3.03. The van der Waals surface area contributed by atoms with Crippen molar-refractivity contribution in [3.63, 3.8) is 0 Å². The first-order chi connectivity index (χ1) is 10.3. The minimum atomic E-state index is 0.860. The third-order valence-corrected chi connectivity index (χ3v) is 3.54. The van der Waals surface area contributed by atoms with Gasteiger partial charge in [-0.15, -0.1) is 0 Å². The molecular weight excluding hydrogens is 260 g/mol. The van der Waals surface area contributed by atoms with Gasteiger partial charge in [0.05, 0.1) is 12.8 Å². The van der Waals surface area contributed by atoms with Crippen LogP contribution in [-0.4, -0.2) is 18.0 Å². The van der Waals surface area contributed by atoms with Gasteiger partial charge in [-0.05, 0) is 31.1 Å². The van der Waals surface area contributed by atoms with Gasteiger partial charge >= 0.3 is 0 Å². The van der Waals surface area contributed by atoms with Crippen molar-refractivity contribution in [1.29, 1.82) is 0 Å². The van der Waals surface area contributed by atoms with E-state index >= 15 is 0 Å². The highest BCUT2D eigenvalue weighted by atomic mass is 16.3. The van der Waals surface area contributed by atoms with Crippen molar-refractivity contribution in [2.75, 3.05) is 13.1 Å². The van der Waals surface area contributed by atoms with Crippen LogP contribution < -0.4 is 5.32 Å². The molecule has 1 N–H and O–H groups in total. The fraction of sp³-hybridized carbons (Fsp3) is 0.444. The number of rotatable bonds is 9. The van der Waals surface area contributed by atoms with Crippen LogP contribution in [0.15, 0.2) is 47.1 Å². The monoisotopic (exact) mass is 286 g/mol. The largest absolute Gasteiger partial charge is 0.468 e. The van der Waals surface area contributed by atoms with Crippen LogP contribution in [0.2, 0.25) is 0 Å². The van der Waals surface area contributed by atoms with E-state index < -0.39 is 0 Å². The standard InChI is InChI=1S/C18H26N2O/c1-3-10-19-12-17-11-18(21-15-17)14-20(4-2)13-16-8-6-5-7-9-16/h5-9,11,15,19H,3-4,10,12-14H2,1-2H3. The van der Waals surface area contributed by atoms with Crippen LogP contribution in [0, 0.1) is 0 Å². The fourth-order valence-corrected chi connectivity index (χ4v) is 2.35. The molecule has 0 amide bonds. The maximum Gasteiger partial charge on any atom is 0.118 e. The van der Waals surface area contributed by atoms with Crippen molar-refractivity contribution < 1.29 is 4.42 Å². The van der Waals surface area contributed by atoms with Crippen molar-refractivity contribution in [2.45, 2.75) is 39.9 Å². The van der Waals surface area contributed by atoms with E-state index in [4.69, 9.17) is 4.42 Å². The van der Waals surface area contributed by atoms with Crippen molar-refractivity contribution in [1.82, 2.24) is 10.2 Å². The third kappa shape index (κ3) is 5.37. The highest BCUT2D eigenvalue weighted by Crippen LogP contribution is 2.13. The molecule has 0 bridgehead atoms. The van der Waals surface area contributed by atoms with Gasteiger partial charge in [-0.1, -0.05) is 44.2 Å². The van der Waals surface area contributed by atoms with Crippen LogP contribution in [0.4, 0.5) is 0 Å². The molecule has 3 heteroatoms. The molecule has 2 rings (SSSR count). The Kier molecular flexibility index (Phi) is 6.51. The lowest BCUT2D eigenvalue weighted by atomic mass is 10.2. The summed E-state index contributed by atoms with van der Waals surface area (Å²) in [4.78, 5) is 2.39. The Morgan fingerprint density at radius 1 is 1.05 bits per heavy atom. The van der Waals surface area contributed by atoms with E-state index in [0.29, 0.717) is 0 Å². The molecule has 0 aliphatic carbocycles. The first-order valence-electron chi connectivity index (χ1n) is 7.85. The molecule has 0 spiro atoms. The Morgan fingerprint density at radius 3 is 2.57 bits per heavy atom. The molecule has 1 heterocycles. The number of furan rings is 1. The number of hydrogen-bond acceptors (Lipinski definition) is 3. The first-order valence-corrected chi connectivity index (χ1v) is 7.85. The molecular formula is C18H26N2O. The van der Waals surface area contributed by atoms with E-state index in [9.17, 15) is 0 Å². The lowest BCUT2D eigenvalue weighted by molar-refractivity contribution is 0.248. The minimum Gasteiger partial charge on any atom is -0.468 e. The van der Waals surface area contributed by atoms with Crippen LogP contribution in [0.25, 0.3) is 0 Å². The molecule has 1 aromatic heterocycles. The summed E-state index contributed by atoms with van der Waals surface area (Å²) in [5.41, 5.74) is 2.57. The first kappa shape index (κ1) is 15.8. The maximum atomic E-state index is 5.68. The number of hydrogen-bond donors (Lipinski definition) is 1. The summed E-state index contributed by atoms with van der Waals surface area (Å²) in [7, 11) is 0. The Morgan fingerprint density at radius 2 is 1.86 bits per heavy atom. The lowest BCUT2D eigenvalue weighted by Crippen LogP contribution is -2.22. The maximum absolute atomic E-state index is 5.68. The number of nitrogens with one attached hydrogen (secondary N) is 1. The molecule has 3 nitrogen and oxygen atoms in total. The molecule has 114 valence electrons. The lowest BCUT2D eigenvalue weighted by Gasteiger charge is -2.19. The van der Waals surface area contributed by atoms with Crippen molar-refractivity contribution >= 4 is 0 Å². The van der Waals surface area contributed by atoms with Crippen molar-refractivity contribution in [3.8, 4) is 0 Å². The van der Waals surface area contributed by atoms with Gasteiger partial charge < -0.3 is 9.73 Å². The van der Waals surface area contributed by atoms with Crippen LogP contribution in [0.1, 0.15) is 37.2 Å². The van der Waals surface area contributed by atoms with Gasteiger partial charge in [0, 0.05) is 18.7 Å². The molecule has 0 unspecified atom stereocenters. The number of benzene rings is 1. The van der Waals surface area contributed by atoms with Gasteiger partial charge in [0.2, 0.25) is 0 Å². The summed E-state index contributed by atoms with van der Waals surface area (Å²) >= 11 is 0. The molecule has 0 saturated carbocycles. The second kappa shape index (κ2) is 8.65. The Hall–Kier alpha value is -1.58. The molecule has 2 aromatic rings. The summed E-state index contributed by atoms with van der Waals surface area (Å²) in [6, 6.07) is 12.7. The van der Waals surface area contributed by atoms with Gasteiger partial charge in [-0.3, -0.25) is 4.90 Å². The summed E-state index contributed by atoms with van der Waals surface area (Å²) < 4.78 is 5.68. The quantitative estimate of drug-likeness (QED) is 0.711. The minimum absolute atomic E-state index is 0.860. The van der Waals surface area contributed by atoms with E-state index in [1.165, 1.54) is 11.1 Å². The predicted octanol–water partition coefficient (Wildman–Crippen LogP) is 3.80. The zero-order valence-electron chi connectivity index (χ0n) is 13.1. The summed E-state index contributed by atoms with van der Waals surface area (Å²) in [5.74, 6) is 1.04. The van der Waals surface area contributed by atoms with Gasteiger partial charge in [0.1, 0.15) is 5.76 Å². The van der Waals surface area contributed by atoms with Gasteiger partial charge in [-0.25, -0.2) is 0 Å². The number of nitrogens with zero attached hydrogens (tertiary/aromatic N) is 1. The van der Waals surface area contributed by atoms with Crippen LogP contribution in [-0.2, 0) is 19.6 Å². The molecule has 0 aliphatic rings. The van der Waals surface area contributed by atoms with Crippen LogP contribution >= 0.6 is 0 Å². The summed E-state index contributed by atoms with van der Waals surface area (Å²) in [6.45, 7) is 9.14.